The van der Waals surface area contributed by atoms with E-state index in [0.29, 0.717) is 0 Å². The van der Waals surface area contributed by atoms with Crippen molar-refractivity contribution < 1.29 is 0 Å². The molecule has 1 fully saturated rings. The Bertz CT molecular complexity index is 162. The van der Waals surface area contributed by atoms with E-state index < -0.39 is 0 Å². The highest BCUT2D eigenvalue weighted by Gasteiger charge is 2.13. The van der Waals surface area contributed by atoms with E-state index >= 15 is 0 Å². The van der Waals surface area contributed by atoms with E-state index in [4.69, 9.17) is 5.26 Å². The molecule has 9 heavy (non-hydrogen) atoms. The number of allylic oxidation sites excluding steroid dienone is 2. The highest BCUT2D eigenvalue weighted by atomic mass is 14.2. The van der Waals surface area contributed by atoms with Crippen LogP contribution >= 0.6 is 0 Å². The highest BCUT2D eigenvalue weighted by molar-refractivity contribution is 5.16. The van der Waals surface area contributed by atoms with Crippen LogP contribution in [0.5, 0.6) is 0 Å². The number of nitriles is 1. The molecule has 0 aromatic carbocycles. The first kappa shape index (κ1) is 6.35. The van der Waals surface area contributed by atoms with Crippen LogP contribution in [0.4, 0.5) is 0 Å². The third-order valence-electron chi connectivity index (χ3n) is 1.84. The van der Waals surface area contributed by atoms with E-state index in [0.717, 1.165) is 18.8 Å². The molecule has 0 aromatic heterocycles. The van der Waals surface area contributed by atoms with Gasteiger partial charge in [-0.05, 0) is 25.2 Å². The van der Waals surface area contributed by atoms with Gasteiger partial charge in [-0.2, -0.15) is 5.26 Å². The molecule has 1 aliphatic rings. The molecule has 0 aliphatic heterocycles. The lowest BCUT2D eigenvalue weighted by Gasteiger charge is -1.92. The Hall–Kier alpha value is -0.770. The molecule has 0 saturated heterocycles. The van der Waals surface area contributed by atoms with Gasteiger partial charge in [0.15, 0.2) is 0 Å². The number of hydrogen-bond donors (Lipinski definition) is 0. The normalized spacial score (nSPS) is 30.7. The Morgan fingerprint density at radius 2 is 2.56 bits per heavy atom. The molecule has 1 heteroatoms. The Morgan fingerprint density at radius 3 is 3.00 bits per heavy atom. The Labute approximate surface area is 56.0 Å². The zero-order valence-electron chi connectivity index (χ0n) is 5.72. The topological polar surface area (TPSA) is 23.8 Å². The second-order valence-corrected chi connectivity index (χ2v) is 2.78. The molecule has 0 spiro atoms. The molecule has 1 nitrogen and oxygen atoms in total. The molecule has 48 valence electrons. The fourth-order valence-corrected chi connectivity index (χ4v) is 1.31. The summed E-state index contributed by atoms with van der Waals surface area (Å²) in [4.78, 5) is 0. The maximum atomic E-state index is 8.29. The Kier molecular flexibility index (Phi) is 1.89. The fourth-order valence-electron chi connectivity index (χ4n) is 1.31. The summed E-state index contributed by atoms with van der Waals surface area (Å²) in [7, 11) is 0. The zero-order chi connectivity index (χ0) is 6.69. The third kappa shape index (κ3) is 1.57. The van der Waals surface area contributed by atoms with Crippen molar-refractivity contribution in [2.45, 2.75) is 26.2 Å². The van der Waals surface area contributed by atoms with Crippen LogP contribution in [0.1, 0.15) is 26.2 Å². The van der Waals surface area contributed by atoms with Crippen LogP contribution in [-0.4, -0.2) is 0 Å². The van der Waals surface area contributed by atoms with Gasteiger partial charge in [-0.15, -0.1) is 0 Å². The first-order valence-corrected chi connectivity index (χ1v) is 3.40. The Morgan fingerprint density at radius 1 is 1.78 bits per heavy atom. The minimum atomic E-state index is 0.810. The monoisotopic (exact) mass is 121 g/mol. The molecule has 0 radical (unpaired) electrons. The van der Waals surface area contributed by atoms with Crippen molar-refractivity contribution in [2.75, 3.05) is 0 Å². The molecule has 1 saturated carbocycles. The molecular formula is C8H11N. The van der Waals surface area contributed by atoms with Crippen LogP contribution in [0.2, 0.25) is 0 Å². The first-order chi connectivity index (χ1) is 4.33. The lowest BCUT2D eigenvalue weighted by Crippen LogP contribution is -1.80. The summed E-state index contributed by atoms with van der Waals surface area (Å²) >= 11 is 0. The van der Waals surface area contributed by atoms with Crippen molar-refractivity contribution in [3.8, 4) is 6.07 Å². The van der Waals surface area contributed by atoms with Gasteiger partial charge in [0.1, 0.15) is 0 Å². The fraction of sp³-hybridized carbons (Fsp3) is 0.625. The van der Waals surface area contributed by atoms with Crippen molar-refractivity contribution >= 4 is 0 Å². The van der Waals surface area contributed by atoms with Gasteiger partial charge in [-0.3, -0.25) is 0 Å². The van der Waals surface area contributed by atoms with Crippen molar-refractivity contribution in [3.05, 3.63) is 11.6 Å². The van der Waals surface area contributed by atoms with E-state index in [1.807, 2.05) is 0 Å². The summed E-state index contributed by atoms with van der Waals surface area (Å²) in [6.45, 7) is 2.23. The van der Waals surface area contributed by atoms with Gasteiger partial charge in [-0.25, -0.2) is 0 Å². The predicted octanol–water partition coefficient (Wildman–Crippen LogP) is 2.26. The van der Waals surface area contributed by atoms with Crippen molar-refractivity contribution in [1.29, 1.82) is 5.26 Å². The van der Waals surface area contributed by atoms with E-state index in [2.05, 4.69) is 13.0 Å². The molecular weight excluding hydrogens is 110 g/mol. The van der Waals surface area contributed by atoms with Gasteiger partial charge in [0.2, 0.25) is 0 Å². The molecule has 1 aliphatic carbocycles. The van der Waals surface area contributed by atoms with Crippen molar-refractivity contribution in [3.63, 3.8) is 0 Å². The SMILES string of the molecule is CC1CC/C(=C/C#N)C1. The number of rotatable bonds is 0. The molecule has 0 heterocycles. The zero-order valence-corrected chi connectivity index (χ0v) is 5.72. The molecule has 0 amide bonds. The molecule has 1 unspecified atom stereocenters. The summed E-state index contributed by atoms with van der Waals surface area (Å²) in [5.74, 6) is 0.810. The highest BCUT2D eigenvalue weighted by Crippen LogP contribution is 2.28. The summed E-state index contributed by atoms with van der Waals surface area (Å²) in [6.07, 6.45) is 5.26. The lowest BCUT2D eigenvalue weighted by molar-refractivity contribution is 0.620. The smallest absolute Gasteiger partial charge is 0.0911 e. The van der Waals surface area contributed by atoms with Gasteiger partial charge >= 0.3 is 0 Å². The van der Waals surface area contributed by atoms with Gasteiger partial charge in [0.05, 0.1) is 6.07 Å². The van der Waals surface area contributed by atoms with Crippen molar-refractivity contribution in [2.24, 2.45) is 5.92 Å². The third-order valence-corrected chi connectivity index (χ3v) is 1.84. The first-order valence-electron chi connectivity index (χ1n) is 3.40. The van der Waals surface area contributed by atoms with Crippen LogP contribution in [0.3, 0.4) is 0 Å². The van der Waals surface area contributed by atoms with Crippen molar-refractivity contribution in [1.82, 2.24) is 0 Å². The molecule has 1 rings (SSSR count). The van der Waals surface area contributed by atoms with E-state index in [1.165, 1.54) is 12.0 Å². The molecule has 1 atom stereocenters. The van der Waals surface area contributed by atoms with Gasteiger partial charge in [0.25, 0.3) is 0 Å². The maximum absolute atomic E-state index is 8.29. The molecule has 0 bridgehead atoms. The van der Waals surface area contributed by atoms with E-state index in [1.54, 1.807) is 6.08 Å². The largest absolute Gasteiger partial charge is 0.193 e. The Balaban J connectivity index is 2.50. The molecule has 0 N–H and O–H groups in total. The number of hydrogen-bond acceptors (Lipinski definition) is 1. The van der Waals surface area contributed by atoms with Crippen LogP contribution in [0, 0.1) is 17.2 Å². The second kappa shape index (κ2) is 2.68. The van der Waals surface area contributed by atoms with Gasteiger partial charge in [-0.1, -0.05) is 12.5 Å². The van der Waals surface area contributed by atoms with Crippen LogP contribution in [-0.2, 0) is 0 Å². The molecule has 0 aromatic rings. The number of nitrogens with zero attached hydrogens (tertiary/aromatic N) is 1. The lowest BCUT2D eigenvalue weighted by atomic mass is 10.1. The maximum Gasteiger partial charge on any atom is 0.0911 e. The van der Waals surface area contributed by atoms with Crippen LogP contribution < -0.4 is 0 Å². The van der Waals surface area contributed by atoms with Crippen LogP contribution in [0.25, 0.3) is 0 Å². The minimum Gasteiger partial charge on any atom is -0.193 e. The summed E-state index contributed by atoms with van der Waals surface area (Å²) < 4.78 is 0. The second-order valence-electron chi connectivity index (χ2n) is 2.78. The average Bonchev–Trinajstić information content (AvgIpc) is 2.17. The van der Waals surface area contributed by atoms with Gasteiger partial charge < -0.3 is 0 Å². The van der Waals surface area contributed by atoms with E-state index in [-0.39, 0.29) is 0 Å². The predicted molar refractivity (Wildman–Crippen MR) is 36.7 cm³/mol. The quantitative estimate of drug-likeness (QED) is 0.451. The van der Waals surface area contributed by atoms with Gasteiger partial charge in [0, 0.05) is 6.08 Å². The van der Waals surface area contributed by atoms with Crippen LogP contribution in [0.15, 0.2) is 11.6 Å². The summed E-state index contributed by atoms with van der Waals surface area (Å²) in [5, 5.41) is 8.29. The summed E-state index contributed by atoms with van der Waals surface area (Å²) in [6, 6.07) is 2.07. The summed E-state index contributed by atoms with van der Waals surface area (Å²) in [5.41, 5.74) is 1.34. The minimum absolute atomic E-state index is 0.810. The standard InChI is InChI=1S/C8H11N/c1-7-2-3-8(6-7)4-5-9/h4,7H,2-3,6H2,1H3/b8-4-. The van der Waals surface area contributed by atoms with E-state index in [9.17, 15) is 0 Å². The average molecular weight is 121 g/mol.